The van der Waals surface area contributed by atoms with Crippen LogP contribution in [-0.4, -0.2) is 31.4 Å². The molecule has 18 heavy (non-hydrogen) atoms. The number of halogens is 1. The fraction of sp³-hybridized carbons (Fsp3) is 0.571. The van der Waals surface area contributed by atoms with E-state index in [0.29, 0.717) is 24.4 Å². The minimum Gasteiger partial charge on any atom is -0.389 e. The number of methoxy groups -OCH3 is 1. The summed E-state index contributed by atoms with van der Waals surface area (Å²) in [6, 6.07) is 4.85. The van der Waals surface area contributed by atoms with Gasteiger partial charge in [0.05, 0.1) is 18.4 Å². The predicted molar refractivity (Wildman–Crippen MR) is 71.4 cm³/mol. The molecule has 0 fully saturated rings. The van der Waals surface area contributed by atoms with Gasteiger partial charge in [0.2, 0.25) is 0 Å². The molecule has 0 spiro atoms. The Morgan fingerprint density at radius 1 is 1.39 bits per heavy atom. The van der Waals surface area contributed by atoms with Gasteiger partial charge in [0.1, 0.15) is 5.82 Å². The second kappa shape index (κ2) is 6.71. The molecule has 0 aliphatic carbocycles. The van der Waals surface area contributed by atoms with Crippen LogP contribution in [0.3, 0.4) is 0 Å². The second-order valence-electron chi connectivity index (χ2n) is 4.44. The first kappa shape index (κ1) is 14.9. The Morgan fingerprint density at radius 2 is 2.06 bits per heavy atom. The van der Waals surface area contributed by atoms with E-state index in [1.807, 2.05) is 18.7 Å². The Kier molecular flexibility index (Phi) is 5.56. The molecule has 0 heterocycles. The summed E-state index contributed by atoms with van der Waals surface area (Å²) in [6.45, 7) is 6.76. The molecule has 0 bridgehead atoms. The van der Waals surface area contributed by atoms with E-state index >= 15 is 0 Å². The number of aliphatic hydroxyl groups excluding tert-OH is 1. The largest absolute Gasteiger partial charge is 0.389 e. The zero-order valence-electron chi connectivity index (χ0n) is 11.5. The number of hydrogen-bond acceptors (Lipinski definition) is 3. The van der Waals surface area contributed by atoms with Crippen LogP contribution < -0.4 is 4.90 Å². The van der Waals surface area contributed by atoms with E-state index in [9.17, 15) is 9.50 Å². The molecule has 0 aromatic heterocycles. The minimum absolute atomic E-state index is 0.0504. The van der Waals surface area contributed by atoms with Crippen LogP contribution >= 0.6 is 0 Å². The normalized spacial score (nSPS) is 14.3. The highest BCUT2D eigenvalue weighted by Gasteiger charge is 2.21. The second-order valence-corrected chi connectivity index (χ2v) is 4.44. The number of para-hydroxylation sites is 1. The van der Waals surface area contributed by atoms with Crippen LogP contribution in [0.4, 0.5) is 10.1 Å². The molecule has 0 radical (unpaired) electrons. The van der Waals surface area contributed by atoms with Gasteiger partial charge in [-0.2, -0.15) is 0 Å². The SMILES string of the molecule is CCN(c1c(F)cccc1[C@@H](C)O)C(C)COC. The van der Waals surface area contributed by atoms with Crippen molar-refractivity contribution in [3.05, 3.63) is 29.6 Å². The summed E-state index contributed by atoms with van der Waals surface area (Å²) in [4.78, 5) is 1.92. The minimum atomic E-state index is -0.695. The highest BCUT2D eigenvalue weighted by atomic mass is 19.1. The number of aliphatic hydroxyl groups is 1. The molecule has 1 unspecified atom stereocenters. The number of ether oxygens (including phenoxy) is 1. The van der Waals surface area contributed by atoms with Crippen LogP contribution in [0, 0.1) is 5.82 Å². The zero-order valence-corrected chi connectivity index (χ0v) is 11.5. The lowest BCUT2D eigenvalue weighted by molar-refractivity contribution is 0.180. The molecule has 1 aromatic carbocycles. The van der Waals surface area contributed by atoms with Gasteiger partial charge >= 0.3 is 0 Å². The molecule has 1 aromatic rings. The summed E-state index contributed by atoms with van der Waals surface area (Å²) in [5.74, 6) is -0.307. The quantitative estimate of drug-likeness (QED) is 0.848. The average Bonchev–Trinajstić information content (AvgIpc) is 2.32. The van der Waals surface area contributed by atoms with Crippen molar-refractivity contribution >= 4 is 5.69 Å². The van der Waals surface area contributed by atoms with E-state index in [2.05, 4.69) is 0 Å². The Labute approximate surface area is 108 Å². The van der Waals surface area contributed by atoms with Gasteiger partial charge in [-0.05, 0) is 26.8 Å². The molecule has 1 N–H and O–H groups in total. The molecular weight excluding hydrogens is 233 g/mol. The lowest BCUT2D eigenvalue weighted by Crippen LogP contribution is -2.37. The lowest BCUT2D eigenvalue weighted by Gasteiger charge is -2.32. The highest BCUT2D eigenvalue weighted by Crippen LogP contribution is 2.30. The maximum absolute atomic E-state index is 14.1. The molecule has 0 aliphatic heterocycles. The Hall–Kier alpha value is -1.13. The monoisotopic (exact) mass is 255 g/mol. The van der Waals surface area contributed by atoms with Crippen LogP contribution in [0.5, 0.6) is 0 Å². The van der Waals surface area contributed by atoms with Gasteiger partial charge in [-0.15, -0.1) is 0 Å². The molecule has 0 aliphatic rings. The Balaban J connectivity index is 3.19. The lowest BCUT2D eigenvalue weighted by atomic mass is 10.1. The fourth-order valence-electron chi connectivity index (χ4n) is 2.19. The molecule has 102 valence electrons. The van der Waals surface area contributed by atoms with Crippen molar-refractivity contribution in [3.63, 3.8) is 0 Å². The van der Waals surface area contributed by atoms with E-state index < -0.39 is 6.10 Å². The Bertz CT molecular complexity index is 382. The number of hydrogen-bond donors (Lipinski definition) is 1. The van der Waals surface area contributed by atoms with Gasteiger partial charge in [-0.1, -0.05) is 12.1 Å². The van der Waals surface area contributed by atoms with Crippen molar-refractivity contribution in [2.75, 3.05) is 25.2 Å². The van der Waals surface area contributed by atoms with E-state index in [1.165, 1.54) is 6.07 Å². The number of nitrogens with zero attached hydrogens (tertiary/aromatic N) is 1. The van der Waals surface area contributed by atoms with Crippen LogP contribution in [0.15, 0.2) is 18.2 Å². The van der Waals surface area contributed by atoms with Crippen LogP contribution in [-0.2, 0) is 4.74 Å². The summed E-state index contributed by atoms with van der Waals surface area (Å²) >= 11 is 0. The van der Waals surface area contributed by atoms with Crippen molar-refractivity contribution in [2.45, 2.75) is 32.9 Å². The summed E-state index contributed by atoms with van der Waals surface area (Å²) in [6.07, 6.45) is -0.695. The number of rotatable bonds is 6. The Morgan fingerprint density at radius 3 is 2.56 bits per heavy atom. The molecule has 2 atom stereocenters. The van der Waals surface area contributed by atoms with Gasteiger partial charge in [-0.25, -0.2) is 4.39 Å². The number of likely N-dealkylation sites (N-methyl/N-ethyl adjacent to an activating group) is 1. The third-order valence-electron chi connectivity index (χ3n) is 3.04. The molecular formula is C14H22FNO2. The van der Waals surface area contributed by atoms with Crippen molar-refractivity contribution in [3.8, 4) is 0 Å². The highest BCUT2D eigenvalue weighted by molar-refractivity contribution is 5.56. The van der Waals surface area contributed by atoms with Crippen molar-refractivity contribution < 1.29 is 14.2 Å². The maximum Gasteiger partial charge on any atom is 0.146 e. The third-order valence-corrected chi connectivity index (χ3v) is 3.04. The molecule has 3 nitrogen and oxygen atoms in total. The number of anilines is 1. The molecule has 0 amide bonds. The van der Waals surface area contributed by atoms with Gasteiger partial charge in [0, 0.05) is 25.3 Å². The van der Waals surface area contributed by atoms with E-state index in [0.717, 1.165) is 0 Å². The summed E-state index contributed by atoms with van der Waals surface area (Å²) in [5, 5.41) is 9.76. The van der Waals surface area contributed by atoms with Gasteiger partial charge < -0.3 is 14.7 Å². The summed E-state index contributed by atoms with van der Waals surface area (Å²) < 4.78 is 19.2. The maximum atomic E-state index is 14.1. The molecule has 1 rings (SSSR count). The van der Waals surface area contributed by atoms with Crippen molar-refractivity contribution in [1.29, 1.82) is 0 Å². The van der Waals surface area contributed by atoms with E-state index in [-0.39, 0.29) is 11.9 Å². The predicted octanol–water partition coefficient (Wildman–Crippen LogP) is 2.74. The molecule has 0 saturated carbocycles. The standard InChI is InChI=1S/C14H22FNO2/c1-5-16(10(2)9-18-4)14-12(11(3)17)7-6-8-13(14)15/h6-8,10-11,17H,5,9H2,1-4H3/t10?,11-/m1/s1. The zero-order chi connectivity index (χ0) is 13.7. The smallest absolute Gasteiger partial charge is 0.146 e. The summed E-state index contributed by atoms with van der Waals surface area (Å²) in [7, 11) is 1.63. The van der Waals surface area contributed by atoms with Crippen LogP contribution in [0.2, 0.25) is 0 Å². The van der Waals surface area contributed by atoms with E-state index in [1.54, 1.807) is 26.2 Å². The summed E-state index contributed by atoms with van der Waals surface area (Å²) in [5.41, 5.74) is 1.08. The van der Waals surface area contributed by atoms with Crippen molar-refractivity contribution in [1.82, 2.24) is 0 Å². The van der Waals surface area contributed by atoms with Crippen LogP contribution in [0.25, 0.3) is 0 Å². The first-order chi connectivity index (χ1) is 8.52. The molecule has 0 saturated heterocycles. The van der Waals surface area contributed by atoms with Crippen LogP contribution in [0.1, 0.15) is 32.4 Å². The van der Waals surface area contributed by atoms with Crippen molar-refractivity contribution in [2.24, 2.45) is 0 Å². The van der Waals surface area contributed by atoms with Gasteiger partial charge in [0.15, 0.2) is 0 Å². The third kappa shape index (κ3) is 3.21. The number of benzene rings is 1. The van der Waals surface area contributed by atoms with E-state index in [4.69, 9.17) is 4.74 Å². The first-order valence-electron chi connectivity index (χ1n) is 6.24. The topological polar surface area (TPSA) is 32.7 Å². The van der Waals surface area contributed by atoms with Gasteiger partial charge in [-0.3, -0.25) is 0 Å². The average molecular weight is 255 g/mol. The molecule has 4 heteroatoms. The first-order valence-corrected chi connectivity index (χ1v) is 6.24. The van der Waals surface area contributed by atoms with Gasteiger partial charge in [0.25, 0.3) is 0 Å². The fourth-order valence-corrected chi connectivity index (χ4v) is 2.19.